The molecule has 8 nitrogen and oxygen atoms in total. The van der Waals surface area contributed by atoms with E-state index in [1.165, 1.54) is 12.1 Å². The van der Waals surface area contributed by atoms with E-state index in [2.05, 4.69) is 15.5 Å². The fourth-order valence-corrected chi connectivity index (χ4v) is 3.16. The monoisotopic (exact) mass is 412 g/mol. The molecule has 2 heterocycles. The van der Waals surface area contributed by atoms with Crippen LogP contribution in [0.1, 0.15) is 5.69 Å². The van der Waals surface area contributed by atoms with Gasteiger partial charge in [0.25, 0.3) is 0 Å². The number of aromatic nitrogens is 4. The molecule has 4 aromatic rings. The molecule has 31 heavy (non-hydrogen) atoms. The predicted molar refractivity (Wildman–Crippen MR) is 120 cm³/mol. The van der Waals surface area contributed by atoms with Gasteiger partial charge in [-0.25, -0.2) is 9.36 Å². The van der Waals surface area contributed by atoms with Crippen molar-refractivity contribution < 1.29 is 4.74 Å². The average molecular weight is 412 g/mol. The van der Waals surface area contributed by atoms with Crippen molar-refractivity contribution in [3.05, 3.63) is 101 Å². The van der Waals surface area contributed by atoms with Crippen molar-refractivity contribution in [1.82, 2.24) is 19.6 Å². The molecule has 2 N–H and O–H groups in total. The van der Waals surface area contributed by atoms with Crippen LogP contribution in [-0.2, 0) is 0 Å². The van der Waals surface area contributed by atoms with Crippen LogP contribution in [0.3, 0.4) is 0 Å². The van der Waals surface area contributed by atoms with Crippen LogP contribution < -0.4 is 15.5 Å². The van der Waals surface area contributed by atoms with Crippen molar-refractivity contribution in [3.63, 3.8) is 0 Å². The number of allylic oxidation sites excluding steroid dienone is 1. The maximum Gasteiger partial charge on any atom is 0.209 e. The maximum atomic E-state index is 12.6. The van der Waals surface area contributed by atoms with Crippen LogP contribution in [0, 0.1) is 5.41 Å². The molecule has 0 unspecified atom stereocenters. The van der Waals surface area contributed by atoms with Crippen LogP contribution in [0.5, 0.6) is 5.75 Å². The highest BCUT2D eigenvalue weighted by Crippen LogP contribution is 2.29. The lowest BCUT2D eigenvalue weighted by Gasteiger charge is -2.16. The number of hydrogen-bond acceptors (Lipinski definition) is 6. The van der Waals surface area contributed by atoms with E-state index >= 15 is 0 Å². The fraction of sp³-hybridized carbons (Fsp3) is 0.0435. The molecule has 0 aliphatic heterocycles. The SMILES string of the molecule is COc1c(-n2cccn2)cccc1-n1ccc(=O)c(/C(=C/C=N)Nc2ccccc2)n1. The van der Waals surface area contributed by atoms with Crippen molar-refractivity contribution in [3.8, 4) is 17.1 Å². The smallest absolute Gasteiger partial charge is 0.209 e. The first-order valence-corrected chi connectivity index (χ1v) is 9.52. The van der Waals surface area contributed by atoms with E-state index in [0.29, 0.717) is 17.1 Å². The van der Waals surface area contributed by atoms with Crippen molar-refractivity contribution in [2.45, 2.75) is 0 Å². The van der Waals surface area contributed by atoms with Gasteiger partial charge in [0.15, 0.2) is 11.4 Å². The van der Waals surface area contributed by atoms with Crippen LogP contribution in [0.25, 0.3) is 17.1 Å². The van der Waals surface area contributed by atoms with Crippen molar-refractivity contribution in [1.29, 1.82) is 5.41 Å². The molecule has 4 rings (SSSR count). The zero-order valence-corrected chi connectivity index (χ0v) is 16.8. The Bertz CT molecular complexity index is 1280. The largest absolute Gasteiger partial charge is 0.492 e. The first-order chi connectivity index (χ1) is 15.2. The van der Waals surface area contributed by atoms with E-state index in [-0.39, 0.29) is 11.1 Å². The zero-order valence-electron chi connectivity index (χ0n) is 16.8. The summed E-state index contributed by atoms with van der Waals surface area (Å²) < 4.78 is 8.94. The number of ether oxygens (including phenoxy) is 1. The first-order valence-electron chi connectivity index (χ1n) is 9.52. The van der Waals surface area contributed by atoms with Gasteiger partial charge in [-0.2, -0.15) is 10.2 Å². The fourth-order valence-electron chi connectivity index (χ4n) is 3.16. The van der Waals surface area contributed by atoms with E-state index in [1.807, 2.05) is 60.8 Å². The lowest BCUT2D eigenvalue weighted by atomic mass is 10.2. The van der Waals surface area contributed by atoms with Gasteiger partial charge in [0.05, 0.1) is 12.8 Å². The topological polar surface area (TPSA) is 97.8 Å². The molecule has 2 aromatic heterocycles. The zero-order chi connectivity index (χ0) is 21.6. The molecule has 0 saturated heterocycles. The summed E-state index contributed by atoms with van der Waals surface area (Å²) >= 11 is 0. The van der Waals surface area contributed by atoms with E-state index in [1.54, 1.807) is 28.9 Å². The third kappa shape index (κ3) is 4.13. The van der Waals surface area contributed by atoms with Crippen LogP contribution in [0.2, 0.25) is 0 Å². The molecule has 0 radical (unpaired) electrons. The third-order valence-electron chi connectivity index (χ3n) is 4.54. The molecule has 2 aromatic carbocycles. The number of para-hydroxylation sites is 2. The minimum absolute atomic E-state index is 0.182. The van der Waals surface area contributed by atoms with E-state index in [4.69, 9.17) is 10.1 Å². The highest BCUT2D eigenvalue weighted by atomic mass is 16.5. The van der Waals surface area contributed by atoms with Gasteiger partial charge in [0.2, 0.25) is 5.43 Å². The molecule has 0 atom stereocenters. The van der Waals surface area contributed by atoms with Crippen LogP contribution in [0.4, 0.5) is 5.69 Å². The first kappa shape index (κ1) is 19.8. The lowest BCUT2D eigenvalue weighted by molar-refractivity contribution is 0.408. The summed E-state index contributed by atoms with van der Waals surface area (Å²) in [5, 5.41) is 19.5. The lowest BCUT2D eigenvalue weighted by Crippen LogP contribution is -2.19. The Hall–Kier alpha value is -4.46. The summed E-state index contributed by atoms with van der Waals surface area (Å²) in [6.07, 6.45) is 7.70. The molecule has 0 spiro atoms. The van der Waals surface area contributed by atoms with Gasteiger partial charge < -0.3 is 15.5 Å². The number of hydrogen-bond donors (Lipinski definition) is 2. The van der Waals surface area contributed by atoms with E-state index in [9.17, 15) is 4.79 Å². The molecule has 154 valence electrons. The molecule has 8 heteroatoms. The standard InChI is InChI=1S/C23H20N6O2/c1-31-23-19(28-15-6-14-25-28)9-5-10-20(23)29-16-12-21(30)22(27-29)18(11-13-24)26-17-7-3-2-4-8-17/h2-16,24,26H,1H3/b18-11-,24-13?. The number of benzene rings is 2. The van der Waals surface area contributed by atoms with Crippen LogP contribution >= 0.6 is 0 Å². The second-order valence-electron chi connectivity index (χ2n) is 6.49. The molecule has 0 saturated carbocycles. The van der Waals surface area contributed by atoms with Crippen LogP contribution in [0.15, 0.2) is 90.1 Å². The van der Waals surface area contributed by atoms with Gasteiger partial charge in [-0.15, -0.1) is 0 Å². The van der Waals surface area contributed by atoms with Gasteiger partial charge >= 0.3 is 0 Å². The molecular weight excluding hydrogens is 392 g/mol. The molecule has 0 amide bonds. The van der Waals surface area contributed by atoms with Gasteiger partial charge in [-0.3, -0.25) is 4.79 Å². The summed E-state index contributed by atoms with van der Waals surface area (Å²) in [5.74, 6) is 0.557. The highest BCUT2D eigenvalue weighted by molar-refractivity contribution is 5.86. The van der Waals surface area contributed by atoms with Crippen molar-refractivity contribution in [2.24, 2.45) is 0 Å². The van der Waals surface area contributed by atoms with E-state index in [0.717, 1.165) is 17.6 Å². The molecule has 0 aliphatic rings. The van der Waals surface area contributed by atoms with Gasteiger partial charge in [-0.05, 0) is 36.4 Å². The molecule has 0 aliphatic carbocycles. The summed E-state index contributed by atoms with van der Waals surface area (Å²) in [4.78, 5) is 12.6. The van der Waals surface area contributed by atoms with Crippen LogP contribution in [-0.4, -0.2) is 32.9 Å². The predicted octanol–water partition coefficient (Wildman–Crippen LogP) is 3.53. The minimum atomic E-state index is -0.269. The Morgan fingerprint density at radius 1 is 1.00 bits per heavy atom. The Morgan fingerprint density at radius 2 is 1.77 bits per heavy atom. The summed E-state index contributed by atoms with van der Waals surface area (Å²) in [5.41, 5.74) is 2.50. The Morgan fingerprint density at radius 3 is 2.45 bits per heavy atom. The number of nitrogens with one attached hydrogen (secondary N) is 2. The Labute approximate surface area is 178 Å². The second-order valence-corrected chi connectivity index (χ2v) is 6.49. The average Bonchev–Trinajstić information content (AvgIpc) is 3.34. The highest BCUT2D eigenvalue weighted by Gasteiger charge is 2.15. The molecule has 0 fully saturated rings. The molecular formula is C23H20N6O2. The number of anilines is 1. The second kappa shape index (κ2) is 8.91. The summed E-state index contributed by atoms with van der Waals surface area (Å²) in [6, 6.07) is 18.3. The normalized spacial score (nSPS) is 11.2. The molecule has 0 bridgehead atoms. The van der Waals surface area contributed by atoms with Gasteiger partial charge in [0, 0.05) is 36.6 Å². The quantitative estimate of drug-likeness (QED) is 0.453. The summed E-state index contributed by atoms with van der Waals surface area (Å²) in [6.45, 7) is 0. The summed E-state index contributed by atoms with van der Waals surface area (Å²) in [7, 11) is 1.58. The Balaban J connectivity index is 1.81. The maximum absolute atomic E-state index is 12.6. The third-order valence-corrected chi connectivity index (χ3v) is 4.54. The Kier molecular flexibility index (Phi) is 5.70. The number of rotatable bonds is 7. The number of methoxy groups -OCH3 is 1. The van der Waals surface area contributed by atoms with Crippen molar-refractivity contribution in [2.75, 3.05) is 12.4 Å². The van der Waals surface area contributed by atoms with Crippen molar-refractivity contribution >= 4 is 17.6 Å². The number of nitrogens with zero attached hydrogens (tertiary/aromatic N) is 4. The van der Waals surface area contributed by atoms with Gasteiger partial charge in [-0.1, -0.05) is 24.3 Å². The van der Waals surface area contributed by atoms with E-state index < -0.39 is 0 Å². The minimum Gasteiger partial charge on any atom is -0.492 e. The van der Waals surface area contributed by atoms with Gasteiger partial charge in [0.1, 0.15) is 11.4 Å².